The number of halogens is 2. The molecule has 1 unspecified atom stereocenters. The maximum Gasteiger partial charge on any atom is 0.306 e. The van der Waals surface area contributed by atoms with Gasteiger partial charge in [-0.2, -0.15) is 5.26 Å². The Morgan fingerprint density at radius 3 is 2.65 bits per heavy atom. The number of nitriles is 1. The van der Waals surface area contributed by atoms with Crippen molar-refractivity contribution in [3.05, 3.63) is 34.1 Å². The summed E-state index contributed by atoms with van der Waals surface area (Å²) in [5.41, 5.74) is 0.0277. The highest BCUT2D eigenvalue weighted by molar-refractivity contribution is 9.10. The van der Waals surface area contributed by atoms with Gasteiger partial charge >= 0.3 is 5.97 Å². The Balaban J connectivity index is 2.67. The molecule has 0 spiro atoms. The Morgan fingerprint density at radius 2 is 2.15 bits per heavy atom. The third-order valence-corrected chi connectivity index (χ3v) is 3.20. The summed E-state index contributed by atoms with van der Waals surface area (Å²) in [6, 6.07) is 6.64. The summed E-state index contributed by atoms with van der Waals surface area (Å²) in [7, 11) is 0. The van der Waals surface area contributed by atoms with Gasteiger partial charge in [0.1, 0.15) is 11.4 Å². The van der Waals surface area contributed by atoms with Crippen molar-refractivity contribution in [1.82, 2.24) is 0 Å². The maximum atomic E-state index is 13.4. The molecule has 0 aliphatic heterocycles. The molecule has 0 aliphatic rings. The van der Waals surface area contributed by atoms with E-state index in [-0.39, 0.29) is 12.4 Å². The molecule has 0 N–H and O–H groups in total. The van der Waals surface area contributed by atoms with Crippen LogP contribution in [0.4, 0.5) is 4.39 Å². The quantitative estimate of drug-likeness (QED) is 0.766. The Kier molecular flexibility index (Phi) is 5.70. The smallest absolute Gasteiger partial charge is 0.306 e. The lowest BCUT2D eigenvalue weighted by Crippen LogP contribution is -2.23. The molecule has 0 fully saturated rings. The van der Waals surface area contributed by atoms with Gasteiger partial charge in [-0.15, -0.1) is 0 Å². The molecule has 1 aromatic rings. The zero-order valence-corrected chi connectivity index (χ0v) is 13.3. The van der Waals surface area contributed by atoms with Crippen molar-refractivity contribution in [3.63, 3.8) is 0 Å². The molecular formula is C15H17BrFNO2. The van der Waals surface area contributed by atoms with Crippen LogP contribution in [0.15, 0.2) is 22.7 Å². The fourth-order valence-corrected chi connectivity index (χ4v) is 1.94. The SMILES string of the molecule is CC(C)(C)OC(=O)CCC(C#N)c1ccc(Br)c(F)c1. The predicted octanol–water partition coefficient (Wildman–Crippen LogP) is 4.32. The first kappa shape index (κ1) is 16.6. The van der Waals surface area contributed by atoms with Crippen molar-refractivity contribution in [2.24, 2.45) is 0 Å². The lowest BCUT2D eigenvalue weighted by molar-refractivity contribution is -0.154. The van der Waals surface area contributed by atoms with Gasteiger partial charge < -0.3 is 4.74 Å². The lowest BCUT2D eigenvalue weighted by Gasteiger charge is -2.20. The number of ether oxygens (including phenoxy) is 1. The monoisotopic (exact) mass is 341 g/mol. The Bertz CT molecular complexity index is 532. The van der Waals surface area contributed by atoms with Crippen LogP contribution in [0.1, 0.15) is 45.1 Å². The summed E-state index contributed by atoms with van der Waals surface area (Å²) < 4.78 is 19.0. The van der Waals surface area contributed by atoms with Gasteiger partial charge in [0.05, 0.1) is 16.5 Å². The minimum absolute atomic E-state index is 0.132. The largest absolute Gasteiger partial charge is 0.460 e. The van der Waals surface area contributed by atoms with Gasteiger partial charge in [0.15, 0.2) is 0 Å². The van der Waals surface area contributed by atoms with Gasteiger partial charge in [0.25, 0.3) is 0 Å². The third-order valence-electron chi connectivity index (χ3n) is 2.56. The van der Waals surface area contributed by atoms with Crippen LogP contribution in [-0.2, 0) is 9.53 Å². The Hall–Kier alpha value is -1.41. The molecule has 3 nitrogen and oxygen atoms in total. The van der Waals surface area contributed by atoms with E-state index in [1.54, 1.807) is 32.9 Å². The molecule has 0 amide bonds. The van der Waals surface area contributed by atoms with Crippen molar-refractivity contribution in [3.8, 4) is 6.07 Å². The number of hydrogen-bond donors (Lipinski definition) is 0. The van der Waals surface area contributed by atoms with Crippen LogP contribution in [0.2, 0.25) is 0 Å². The fourth-order valence-electron chi connectivity index (χ4n) is 1.69. The maximum absolute atomic E-state index is 13.4. The van der Waals surface area contributed by atoms with Gasteiger partial charge in [0, 0.05) is 6.42 Å². The van der Waals surface area contributed by atoms with Crippen molar-refractivity contribution in [1.29, 1.82) is 5.26 Å². The molecule has 1 atom stereocenters. The molecule has 1 aromatic carbocycles. The molecule has 0 radical (unpaired) electrons. The lowest BCUT2D eigenvalue weighted by atomic mass is 9.95. The van der Waals surface area contributed by atoms with Crippen LogP contribution in [-0.4, -0.2) is 11.6 Å². The van der Waals surface area contributed by atoms with Crippen LogP contribution in [0.5, 0.6) is 0 Å². The summed E-state index contributed by atoms with van der Waals surface area (Å²) in [4.78, 5) is 11.6. The van der Waals surface area contributed by atoms with E-state index < -0.39 is 17.3 Å². The first-order valence-electron chi connectivity index (χ1n) is 6.29. The van der Waals surface area contributed by atoms with E-state index in [1.165, 1.54) is 6.07 Å². The molecule has 0 saturated carbocycles. The minimum Gasteiger partial charge on any atom is -0.460 e. The number of nitrogens with zero attached hydrogens (tertiary/aromatic N) is 1. The first-order valence-corrected chi connectivity index (χ1v) is 7.08. The van der Waals surface area contributed by atoms with Crippen LogP contribution < -0.4 is 0 Å². The van der Waals surface area contributed by atoms with Crippen molar-refractivity contribution >= 4 is 21.9 Å². The van der Waals surface area contributed by atoms with E-state index in [1.807, 2.05) is 0 Å². The molecule has 0 aromatic heterocycles. The van der Waals surface area contributed by atoms with Crippen molar-refractivity contribution in [2.75, 3.05) is 0 Å². The number of rotatable bonds is 4. The van der Waals surface area contributed by atoms with E-state index >= 15 is 0 Å². The van der Waals surface area contributed by atoms with E-state index in [4.69, 9.17) is 10.00 Å². The van der Waals surface area contributed by atoms with E-state index in [9.17, 15) is 9.18 Å². The van der Waals surface area contributed by atoms with E-state index in [0.717, 1.165) is 0 Å². The molecule has 0 saturated heterocycles. The van der Waals surface area contributed by atoms with E-state index in [2.05, 4.69) is 22.0 Å². The first-order chi connectivity index (χ1) is 9.23. The summed E-state index contributed by atoms with van der Waals surface area (Å²) >= 11 is 3.06. The molecule has 108 valence electrons. The van der Waals surface area contributed by atoms with Crippen LogP contribution in [0.25, 0.3) is 0 Å². The normalized spacial score (nSPS) is 12.6. The highest BCUT2D eigenvalue weighted by Crippen LogP contribution is 2.25. The molecule has 1 rings (SSSR count). The number of hydrogen-bond acceptors (Lipinski definition) is 3. The third kappa shape index (κ3) is 5.30. The number of carbonyl (C=O) groups excluding carboxylic acids is 1. The van der Waals surface area contributed by atoms with Gasteiger partial charge in [-0.05, 0) is 60.8 Å². The average molecular weight is 342 g/mol. The summed E-state index contributed by atoms with van der Waals surface area (Å²) in [6.07, 6.45) is 0.444. The molecule has 20 heavy (non-hydrogen) atoms. The van der Waals surface area contributed by atoms with Gasteiger partial charge in [-0.1, -0.05) is 6.07 Å². The molecule has 5 heteroatoms. The highest BCUT2D eigenvalue weighted by Gasteiger charge is 2.19. The molecule has 0 aliphatic carbocycles. The van der Waals surface area contributed by atoms with Gasteiger partial charge in [-0.25, -0.2) is 4.39 Å². The van der Waals surface area contributed by atoms with Gasteiger partial charge in [-0.3, -0.25) is 4.79 Å². The standard InChI is InChI=1S/C15H17BrFNO2/c1-15(2,3)20-14(19)7-5-11(9-18)10-4-6-12(16)13(17)8-10/h4,6,8,11H,5,7H2,1-3H3. The summed E-state index contributed by atoms with van der Waals surface area (Å²) in [5, 5.41) is 9.15. The number of carbonyl (C=O) groups is 1. The predicted molar refractivity (Wildman–Crippen MR) is 77.5 cm³/mol. The van der Waals surface area contributed by atoms with E-state index in [0.29, 0.717) is 16.5 Å². The molecule has 0 bridgehead atoms. The zero-order valence-electron chi connectivity index (χ0n) is 11.7. The van der Waals surface area contributed by atoms with Gasteiger partial charge in [0.2, 0.25) is 0 Å². The second-order valence-corrected chi connectivity index (χ2v) is 6.33. The summed E-state index contributed by atoms with van der Waals surface area (Å²) in [5.74, 6) is -1.29. The molecular weight excluding hydrogens is 325 g/mol. The van der Waals surface area contributed by atoms with Crippen LogP contribution in [0, 0.1) is 17.1 Å². The Labute approximate surface area is 126 Å². The van der Waals surface area contributed by atoms with Crippen molar-refractivity contribution in [2.45, 2.75) is 45.1 Å². The summed E-state index contributed by atoms with van der Waals surface area (Å²) in [6.45, 7) is 5.37. The number of esters is 1. The number of benzene rings is 1. The fraction of sp³-hybridized carbons (Fsp3) is 0.467. The topological polar surface area (TPSA) is 50.1 Å². The molecule has 0 heterocycles. The zero-order chi connectivity index (χ0) is 15.3. The highest BCUT2D eigenvalue weighted by atomic mass is 79.9. The van der Waals surface area contributed by atoms with Crippen LogP contribution >= 0.6 is 15.9 Å². The second-order valence-electron chi connectivity index (χ2n) is 5.48. The van der Waals surface area contributed by atoms with Crippen molar-refractivity contribution < 1.29 is 13.9 Å². The second kappa shape index (κ2) is 6.85. The minimum atomic E-state index is -0.539. The average Bonchev–Trinajstić information content (AvgIpc) is 2.32. The van der Waals surface area contributed by atoms with Crippen LogP contribution in [0.3, 0.4) is 0 Å². The Morgan fingerprint density at radius 1 is 1.50 bits per heavy atom.